The van der Waals surface area contributed by atoms with Crippen molar-refractivity contribution < 1.29 is 9.84 Å². The van der Waals surface area contributed by atoms with Crippen molar-refractivity contribution in [3.63, 3.8) is 0 Å². The van der Waals surface area contributed by atoms with E-state index in [1.807, 2.05) is 0 Å². The van der Waals surface area contributed by atoms with E-state index in [-0.39, 0.29) is 12.7 Å². The molecular formula is C6H10O2. The molecule has 1 aliphatic carbocycles. The predicted octanol–water partition coefficient (Wildman–Crippen LogP) is 0.0136. The van der Waals surface area contributed by atoms with E-state index in [1.54, 1.807) is 0 Å². The van der Waals surface area contributed by atoms with Gasteiger partial charge in [-0.25, -0.2) is 0 Å². The van der Waals surface area contributed by atoms with Crippen LogP contribution in [0, 0.1) is 11.8 Å². The highest BCUT2D eigenvalue weighted by Gasteiger charge is 2.48. The van der Waals surface area contributed by atoms with Gasteiger partial charge in [0.05, 0.1) is 19.3 Å². The standard InChI is InChI=1S/C6H10O2/c7-2-6-5-1-4(5)3-8-6/h4-7H,1-3H2/t4-,5-,6+/m0/s1. The first-order valence-electron chi connectivity index (χ1n) is 3.14. The fourth-order valence-electron chi connectivity index (χ4n) is 1.48. The molecule has 46 valence electrons. The van der Waals surface area contributed by atoms with Gasteiger partial charge in [-0.3, -0.25) is 0 Å². The van der Waals surface area contributed by atoms with Gasteiger partial charge in [0.25, 0.3) is 0 Å². The Morgan fingerprint density at radius 3 is 2.75 bits per heavy atom. The van der Waals surface area contributed by atoms with E-state index in [0.29, 0.717) is 0 Å². The number of rotatable bonds is 1. The molecule has 2 aliphatic rings. The highest BCUT2D eigenvalue weighted by atomic mass is 16.5. The lowest BCUT2D eigenvalue weighted by atomic mass is 10.2. The molecule has 1 N–H and O–H groups in total. The molecule has 1 heterocycles. The van der Waals surface area contributed by atoms with Crippen LogP contribution >= 0.6 is 0 Å². The fraction of sp³-hybridized carbons (Fsp3) is 1.00. The van der Waals surface area contributed by atoms with Gasteiger partial charge in [0.15, 0.2) is 0 Å². The van der Waals surface area contributed by atoms with Crippen LogP contribution in [0.5, 0.6) is 0 Å². The molecule has 2 heteroatoms. The van der Waals surface area contributed by atoms with Crippen LogP contribution in [-0.2, 0) is 4.74 Å². The molecule has 2 nitrogen and oxygen atoms in total. The van der Waals surface area contributed by atoms with Crippen molar-refractivity contribution >= 4 is 0 Å². The molecule has 1 saturated carbocycles. The third-order valence-corrected chi connectivity index (χ3v) is 2.16. The van der Waals surface area contributed by atoms with Gasteiger partial charge in [-0.2, -0.15) is 0 Å². The van der Waals surface area contributed by atoms with Crippen molar-refractivity contribution in [2.45, 2.75) is 12.5 Å². The zero-order chi connectivity index (χ0) is 5.56. The molecule has 8 heavy (non-hydrogen) atoms. The van der Waals surface area contributed by atoms with Crippen molar-refractivity contribution in [1.29, 1.82) is 0 Å². The van der Waals surface area contributed by atoms with E-state index in [0.717, 1.165) is 18.4 Å². The number of fused-ring (bicyclic) bond motifs is 1. The molecule has 0 unspecified atom stereocenters. The van der Waals surface area contributed by atoms with E-state index >= 15 is 0 Å². The van der Waals surface area contributed by atoms with E-state index in [1.165, 1.54) is 6.42 Å². The van der Waals surface area contributed by atoms with Gasteiger partial charge in [-0.15, -0.1) is 0 Å². The summed E-state index contributed by atoms with van der Waals surface area (Å²) >= 11 is 0. The second-order valence-corrected chi connectivity index (χ2v) is 2.71. The molecule has 0 amide bonds. The predicted molar refractivity (Wildman–Crippen MR) is 28.4 cm³/mol. The molecule has 0 spiro atoms. The number of aliphatic hydroxyl groups is 1. The summed E-state index contributed by atoms with van der Waals surface area (Å²) in [6.45, 7) is 1.12. The highest BCUT2D eigenvalue weighted by molar-refractivity contribution is 4.96. The van der Waals surface area contributed by atoms with Gasteiger partial charge >= 0.3 is 0 Å². The normalized spacial score (nSPS) is 51.4. The van der Waals surface area contributed by atoms with Crippen molar-refractivity contribution in [1.82, 2.24) is 0 Å². The fourth-order valence-corrected chi connectivity index (χ4v) is 1.48. The monoisotopic (exact) mass is 114 g/mol. The SMILES string of the molecule is OC[C@H]1OC[C@@H]2C[C@@H]21. The summed E-state index contributed by atoms with van der Waals surface area (Å²) in [5.41, 5.74) is 0. The van der Waals surface area contributed by atoms with Crippen LogP contribution in [0.15, 0.2) is 0 Å². The Balaban J connectivity index is 1.97. The topological polar surface area (TPSA) is 29.5 Å². The summed E-state index contributed by atoms with van der Waals surface area (Å²) in [5.74, 6) is 1.53. The Kier molecular flexibility index (Phi) is 0.866. The van der Waals surface area contributed by atoms with E-state index in [9.17, 15) is 0 Å². The minimum atomic E-state index is 0.194. The Labute approximate surface area is 48.5 Å². The summed E-state index contributed by atoms with van der Waals surface area (Å²) < 4.78 is 5.21. The molecule has 0 aromatic rings. The number of hydrogen-bond acceptors (Lipinski definition) is 2. The zero-order valence-corrected chi connectivity index (χ0v) is 4.71. The number of aliphatic hydroxyl groups excluding tert-OH is 1. The molecule has 0 aromatic heterocycles. The molecule has 1 saturated heterocycles. The lowest BCUT2D eigenvalue weighted by molar-refractivity contribution is 0.0342. The van der Waals surface area contributed by atoms with Crippen molar-refractivity contribution in [2.24, 2.45) is 11.8 Å². The Morgan fingerprint density at radius 1 is 1.62 bits per heavy atom. The first-order valence-corrected chi connectivity index (χ1v) is 3.14. The summed E-state index contributed by atoms with van der Waals surface area (Å²) in [6.07, 6.45) is 1.49. The second kappa shape index (κ2) is 1.45. The van der Waals surface area contributed by atoms with Crippen LogP contribution in [0.4, 0.5) is 0 Å². The highest BCUT2D eigenvalue weighted by Crippen LogP contribution is 2.47. The van der Waals surface area contributed by atoms with Crippen LogP contribution in [0.1, 0.15) is 6.42 Å². The average molecular weight is 114 g/mol. The third kappa shape index (κ3) is 0.501. The summed E-state index contributed by atoms with van der Waals surface area (Å²) in [4.78, 5) is 0. The van der Waals surface area contributed by atoms with Crippen LogP contribution in [0.25, 0.3) is 0 Å². The first kappa shape index (κ1) is 4.77. The van der Waals surface area contributed by atoms with E-state index in [2.05, 4.69) is 0 Å². The molecular weight excluding hydrogens is 104 g/mol. The molecule has 0 bridgehead atoms. The number of hydrogen-bond donors (Lipinski definition) is 1. The van der Waals surface area contributed by atoms with Gasteiger partial charge in [0.2, 0.25) is 0 Å². The first-order chi connectivity index (χ1) is 3.92. The molecule has 2 fully saturated rings. The van der Waals surface area contributed by atoms with Crippen LogP contribution in [0.2, 0.25) is 0 Å². The van der Waals surface area contributed by atoms with E-state index in [4.69, 9.17) is 9.84 Å². The molecule has 1 aliphatic heterocycles. The average Bonchev–Trinajstić information content (AvgIpc) is 2.46. The smallest absolute Gasteiger partial charge is 0.0837 e. The quantitative estimate of drug-likeness (QED) is 0.520. The lowest BCUT2D eigenvalue weighted by Crippen LogP contribution is -2.14. The van der Waals surface area contributed by atoms with Crippen LogP contribution in [-0.4, -0.2) is 24.4 Å². The van der Waals surface area contributed by atoms with Gasteiger partial charge in [-0.05, 0) is 18.3 Å². The Hall–Kier alpha value is -0.0800. The molecule has 0 aromatic carbocycles. The lowest BCUT2D eigenvalue weighted by Gasteiger charge is -2.05. The Bertz CT molecular complexity index is 103. The molecule has 3 atom stereocenters. The van der Waals surface area contributed by atoms with Gasteiger partial charge in [-0.1, -0.05) is 0 Å². The van der Waals surface area contributed by atoms with Crippen molar-refractivity contribution in [3.05, 3.63) is 0 Å². The van der Waals surface area contributed by atoms with Crippen molar-refractivity contribution in [2.75, 3.05) is 13.2 Å². The maximum atomic E-state index is 8.64. The van der Waals surface area contributed by atoms with Crippen molar-refractivity contribution in [3.8, 4) is 0 Å². The maximum absolute atomic E-state index is 8.64. The third-order valence-electron chi connectivity index (χ3n) is 2.16. The second-order valence-electron chi connectivity index (χ2n) is 2.71. The Morgan fingerprint density at radius 2 is 2.50 bits per heavy atom. The van der Waals surface area contributed by atoms with Gasteiger partial charge in [0.1, 0.15) is 0 Å². The summed E-state index contributed by atoms with van der Waals surface area (Å²) in [6, 6.07) is 0. The van der Waals surface area contributed by atoms with E-state index < -0.39 is 0 Å². The minimum Gasteiger partial charge on any atom is -0.394 e. The molecule has 2 rings (SSSR count). The van der Waals surface area contributed by atoms with Crippen LogP contribution < -0.4 is 0 Å². The van der Waals surface area contributed by atoms with Gasteiger partial charge < -0.3 is 9.84 Å². The maximum Gasteiger partial charge on any atom is 0.0837 e. The largest absolute Gasteiger partial charge is 0.394 e. The zero-order valence-electron chi connectivity index (χ0n) is 4.71. The minimum absolute atomic E-state index is 0.194. The summed E-state index contributed by atoms with van der Waals surface area (Å²) in [7, 11) is 0. The van der Waals surface area contributed by atoms with Gasteiger partial charge in [0, 0.05) is 0 Å². The van der Waals surface area contributed by atoms with Crippen LogP contribution in [0.3, 0.4) is 0 Å². The number of ether oxygens (including phenoxy) is 1. The summed E-state index contributed by atoms with van der Waals surface area (Å²) in [5, 5.41) is 8.64. The molecule has 0 radical (unpaired) electrons.